The summed E-state index contributed by atoms with van der Waals surface area (Å²) in [5, 5.41) is 19.5. The minimum atomic E-state index is -1.07. The van der Waals surface area contributed by atoms with E-state index in [0.29, 0.717) is 50.3 Å². The fraction of sp³-hybridized carbons (Fsp3) is 0.375. The highest BCUT2D eigenvalue weighted by Crippen LogP contribution is 2.39. The van der Waals surface area contributed by atoms with Gasteiger partial charge in [-0.15, -0.1) is 0 Å². The minimum absolute atomic E-state index is 0.0371. The summed E-state index contributed by atoms with van der Waals surface area (Å²) in [5.41, 5.74) is 0.648. The van der Waals surface area contributed by atoms with E-state index < -0.39 is 17.6 Å². The number of aromatic carboxylic acids is 1. The van der Waals surface area contributed by atoms with Gasteiger partial charge >= 0.3 is 5.97 Å². The number of piperazine rings is 1. The highest BCUT2D eigenvalue weighted by Gasteiger charge is 2.57. The lowest BCUT2D eigenvalue weighted by atomic mass is 9.83. The Morgan fingerprint density at radius 2 is 1.44 bits per heavy atom. The van der Waals surface area contributed by atoms with Crippen LogP contribution in [-0.4, -0.2) is 93.1 Å². The van der Waals surface area contributed by atoms with E-state index in [-0.39, 0.29) is 23.4 Å². The van der Waals surface area contributed by atoms with Crippen LogP contribution in [-0.2, 0) is 0 Å². The number of fused-ring (bicyclic) bond motifs is 2. The normalized spacial score (nSPS) is 24.2. The van der Waals surface area contributed by atoms with Crippen molar-refractivity contribution in [3.05, 3.63) is 71.3 Å². The molecule has 1 spiro atoms. The van der Waals surface area contributed by atoms with Crippen LogP contribution in [0.4, 0.5) is 0 Å². The Balaban J connectivity index is 1.36. The third-order valence-electron chi connectivity index (χ3n) is 6.84. The van der Waals surface area contributed by atoms with E-state index in [4.69, 9.17) is 0 Å². The van der Waals surface area contributed by atoms with Crippen molar-refractivity contribution in [1.82, 2.24) is 14.7 Å². The van der Waals surface area contributed by atoms with Crippen LogP contribution < -0.4 is 0 Å². The zero-order valence-electron chi connectivity index (χ0n) is 17.6. The van der Waals surface area contributed by atoms with Gasteiger partial charge in [-0.25, -0.2) is 4.79 Å². The molecule has 3 saturated heterocycles. The zero-order chi connectivity index (χ0) is 22.5. The van der Waals surface area contributed by atoms with Crippen LogP contribution in [0.25, 0.3) is 0 Å². The molecule has 8 heteroatoms. The Labute approximate surface area is 185 Å². The quantitative estimate of drug-likeness (QED) is 0.751. The standard InChI is InChI=1S/C24H25N3O5/c28-20-10-19-11-25(21(29)16-5-2-1-3-6-16)13-24(27(19)12-20)14-26(15-24)22(30)17-7-4-8-18(9-17)23(31)32/h1-9,19-20,28H,10-15H2,(H,31,32)/t19-,20+/m0/s1. The molecule has 2 aromatic carbocycles. The molecule has 3 fully saturated rings. The number of rotatable bonds is 3. The van der Waals surface area contributed by atoms with Crippen LogP contribution in [0.1, 0.15) is 37.5 Å². The molecule has 166 valence electrons. The lowest BCUT2D eigenvalue weighted by Crippen LogP contribution is -2.79. The molecule has 0 saturated carbocycles. The summed E-state index contributed by atoms with van der Waals surface area (Å²) in [5.74, 6) is -1.33. The van der Waals surface area contributed by atoms with Crippen molar-refractivity contribution < 1.29 is 24.6 Å². The lowest BCUT2D eigenvalue weighted by Gasteiger charge is -2.60. The topological polar surface area (TPSA) is 101 Å². The van der Waals surface area contributed by atoms with Crippen LogP contribution >= 0.6 is 0 Å². The Hall–Kier alpha value is -3.23. The maximum absolute atomic E-state index is 13.1. The molecule has 0 radical (unpaired) electrons. The second kappa shape index (κ2) is 7.72. The summed E-state index contributed by atoms with van der Waals surface area (Å²) in [6, 6.07) is 15.3. The second-order valence-corrected chi connectivity index (χ2v) is 9.02. The van der Waals surface area contributed by atoms with Gasteiger partial charge in [0.15, 0.2) is 0 Å². The van der Waals surface area contributed by atoms with E-state index in [1.54, 1.807) is 29.2 Å². The number of carbonyl (C=O) groups excluding carboxylic acids is 2. The van der Waals surface area contributed by atoms with Gasteiger partial charge in [0, 0.05) is 49.9 Å². The lowest BCUT2D eigenvalue weighted by molar-refractivity contribution is -0.0917. The van der Waals surface area contributed by atoms with Gasteiger partial charge in [-0.1, -0.05) is 24.3 Å². The Morgan fingerprint density at radius 3 is 2.16 bits per heavy atom. The molecule has 0 unspecified atom stereocenters. The molecular weight excluding hydrogens is 410 g/mol. The number of hydrogen-bond donors (Lipinski definition) is 2. The Morgan fingerprint density at radius 1 is 0.812 bits per heavy atom. The molecule has 3 aliphatic rings. The number of amides is 2. The molecule has 2 amide bonds. The van der Waals surface area contributed by atoms with Crippen LogP contribution in [0.5, 0.6) is 0 Å². The molecule has 5 rings (SSSR count). The van der Waals surface area contributed by atoms with Gasteiger partial charge in [0.05, 0.1) is 17.2 Å². The molecule has 3 heterocycles. The van der Waals surface area contributed by atoms with Gasteiger partial charge in [0.2, 0.25) is 0 Å². The SMILES string of the molecule is O=C(O)c1cccc(C(=O)N2CC3(CN(C(=O)c4ccccc4)C[C@@H]4C[C@@H](O)CN43)C2)c1. The summed E-state index contributed by atoms with van der Waals surface area (Å²) in [6.07, 6.45) is 0.162. The van der Waals surface area contributed by atoms with E-state index >= 15 is 0 Å². The van der Waals surface area contributed by atoms with E-state index in [9.17, 15) is 24.6 Å². The zero-order valence-corrected chi connectivity index (χ0v) is 17.6. The smallest absolute Gasteiger partial charge is 0.335 e. The number of β-amino-alcohol motifs (C(OH)–C–C–N with tert-alkyl or cyclic N) is 1. The van der Waals surface area contributed by atoms with Crippen LogP contribution in [0.15, 0.2) is 54.6 Å². The molecule has 0 aromatic heterocycles. The first-order chi connectivity index (χ1) is 15.4. The van der Waals surface area contributed by atoms with E-state index in [0.717, 1.165) is 0 Å². The molecule has 0 bridgehead atoms. The predicted octanol–water partition coefficient (Wildman–Crippen LogP) is 1.17. The molecule has 32 heavy (non-hydrogen) atoms. The number of nitrogens with zero attached hydrogens (tertiary/aromatic N) is 3. The van der Waals surface area contributed by atoms with Gasteiger partial charge in [-0.3, -0.25) is 14.5 Å². The van der Waals surface area contributed by atoms with Gasteiger partial charge in [0.25, 0.3) is 11.8 Å². The predicted molar refractivity (Wildman–Crippen MR) is 115 cm³/mol. The minimum Gasteiger partial charge on any atom is -0.478 e. The van der Waals surface area contributed by atoms with Crippen molar-refractivity contribution in [2.24, 2.45) is 0 Å². The largest absolute Gasteiger partial charge is 0.478 e. The van der Waals surface area contributed by atoms with Gasteiger partial charge in [0.1, 0.15) is 0 Å². The average Bonchev–Trinajstić information content (AvgIpc) is 3.17. The Bertz CT molecular complexity index is 1070. The third kappa shape index (κ3) is 3.45. The number of carboxylic acid groups (broad SMARTS) is 1. The van der Waals surface area contributed by atoms with Gasteiger partial charge < -0.3 is 20.0 Å². The number of hydrogen-bond acceptors (Lipinski definition) is 5. The number of aliphatic hydroxyl groups excluding tert-OH is 1. The van der Waals surface area contributed by atoms with Crippen molar-refractivity contribution >= 4 is 17.8 Å². The monoisotopic (exact) mass is 435 g/mol. The maximum Gasteiger partial charge on any atom is 0.335 e. The van der Waals surface area contributed by atoms with Gasteiger partial charge in [-0.05, 0) is 36.8 Å². The highest BCUT2D eigenvalue weighted by atomic mass is 16.4. The number of carboxylic acids is 1. The fourth-order valence-corrected chi connectivity index (χ4v) is 5.39. The molecule has 8 nitrogen and oxygen atoms in total. The summed E-state index contributed by atoms with van der Waals surface area (Å²) < 4.78 is 0. The van der Waals surface area contributed by atoms with E-state index in [1.807, 2.05) is 23.1 Å². The van der Waals surface area contributed by atoms with Crippen LogP contribution in [0.2, 0.25) is 0 Å². The van der Waals surface area contributed by atoms with E-state index in [1.165, 1.54) is 12.1 Å². The maximum atomic E-state index is 13.1. The second-order valence-electron chi connectivity index (χ2n) is 9.02. The first-order valence-corrected chi connectivity index (χ1v) is 10.8. The third-order valence-corrected chi connectivity index (χ3v) is 6.84. The van der Waals surface area contributed by atoms with Crippen molar-refractivity contribution in [2.75, 3.05) is 32.7 Å². The van der Waals surface area contributed by atoms with Crippen molar-refractivity contribution in [2.45, 2.75) is 24.1 Å². The molecule has 3 aliphatic heterocycles. The summed E-state index contributed by atoms with van der Waals surface area (Å²) in [7, 11) is 0. The first kappa shape index (κ1) is 20.7. The average molecular weight is 435 g/mol. The molecule has 2 aromatic rings. The molecule has 2 atom stereocenters. The molecular formula is C24H25N3O5. The summed E-state index contributed by atoms with van der Waals surface area (Å²) in [6.45, 7) is 2.45. The molecule has 0 aliphatic carbocycles. The van der Waals surface area contributed by atoms with Crippen LogP contribution in [0.3, 0.4) is 0 Å². The highest BCUT2D eigenvalue weighted by molar-refractivity contribution is 5.98. The number of likely N-dealkylation sites (tertiary alicyclic amines) is 1. The fourth-order valence-electron chi connectivity index (χ4n) is 5.39. The van der Waals surface area contributed by atoms with Crippen molar-refractivity contribution in [3.63, 3.8) is 0 Å². The van der Waals surface area contributed by atoms with Crippen LogP contribution in [0, 0.1) is 0 Å². The Kier molecular flexibility index (Phi) is 4.98. The number of carbonyl (C=O) groups is 3. The van der Waals surface area contributed by atoms with Crippen molar-refractivity contribution in [3.8, 4) is 0 Å². The summed E-state index contributed by atoms with van der Waals surface area (Å²) >= 11 is 0. The van der Waals surface area contributed by atoms with E-state index in [2.05, 4.69) is 4.90 Å². The molecule has 2 N–H and O–H groups in total. The van der Waals surface area contributed by atoms with Crippen molar-refractivity contribution in [1.29, 1.82) is 0 Å². The van der Waals surface area contributed by atoms with Gasteiger partial charge in [-0.2, -0.15) is 0 Å². The first-order valence-electron chi connectivity index (χ1n) is 10.8. The number of aliphatic hydroxyl groups is 1. The summed E-state index contributed by atoms with van der Waals surface area (Å²) in [4.78, 5) is 43.2. The number of benzene rings is 2.